The molecule has 4 nitrogen and oxygen atoms in total. The van der Waals surface area contributed by atoms with Gasteiger partial charge in [-0.15, -0.1) is 0 Å². The number of H-pyrrole nitrogens is 1. The fourth-order valence-electron chi connectivity index (χ4n) is 2.07. The Hall–Kier alpha value is -1.81. The molecule has 4 heteroatoms. The van der Waals surface area contributed by atoms with E-state index in [2.05, 4.69) is 48.4 Å². The van der Waals surface area contributed by atoms with Gasteiger partial charge in [-0.1, -0.05) is 6.92 Å². The van der Waals surface area contributed by atoms with Crippen LogP contribution in [0.2, 0.25) is 0 Å². The first-order chi connectivity index (χ1) is 9.65. The van der Waals surface area contributed by atoms with Gasteiger partial charge in [0.2, 0.25) is 0 Å². The molecule has 1 aromatic heterocycles. The number of aromatic nitrogens is 2. The minimum atomic E-state index is 0.246. The van der Waals surface area contributed by atoms with E-state index in [1.807, 2.05) is 19.2 Å². The SMILES string of the molecule is CCC(C)Oc1ccc(-c2n[nH]c(CNC)c2C)cc1. The van der Waals surface area contributed by atoms with E-state index in [0.717, 1.165) is 35.7 Å². The molecule has 2 N–H and O–H groups in total. The Balaban J connectivity index is 2.17. The van der Waals surface area contributed by atoms with Crippen LogP contribution < -0.4 is 10.1 Å². The van der Waals surface area contributed by atoms with Gasteiger partial charge in [0.25, 0.3) is 0 Å². The van der Waals surface area contributed by atoms with Crippen LogP contribution in [0.15, 0.2) is 24.3 Å². The maximum Gasteiger partial charge on any atom is 0.119 e. The molecule has 1 aromatic carbocycles. The molecule has 0 fully saturated rings. The molecule has 0 radical (unpaired) electrons. The monoisotopic (exact) mass is 273 g/mol. The number of benzene rings is 1. The fraction of sp³-hybridized carbons (Fsp3) is 0.438. The van der Waals surface area contributed by atoms with Crippen molar-refractivity contribution >= 4 is 0 Å². The van der Waals surface area contributed by atoms with E-state index in [4.69, 9.17) is 4.74 Å². The minimum Gasteiger partial charge on any atom is -0.491 e. The van der Waals surface area contributed by atoms with E-state index in [9.17, 15) is 0 Å². The van der Waals surface area contributed by atoms with Crippen molar-refractivity contribution in [3.8, 4) is 17.0 Å². The third kappa shape index (κ3) is 3.20. The average Bonchev–Trinajstić information content (AvgIpc) is 2.82. The van der Waals surface area contributed by atoms with Crippen LogP contribution in [-0.4, -0.2) is 23.3 Å². The Morgan fingerprint density at radius 1 is 1.30 bits per heavy atom. The van der Waals surface area contributed by atoms with Crippen molar-refractivity contribution in [2.75, 3.05) is 7.05 Å². The average molecular weight is 273 g/mol. The lowest BCUT2D eigenvalue weighted by atomic mass is 10.1. The molecule has 1 atom stereocenters. The molecule has 0 aliphatic heterocycles. The molecular weight excluding hydrogens is 250 g/mol. The normalized spacial score (nSPS) is 12.4. The van der Waals surface area contributed by atoms with Crippen LogP contribution in [0.3, 0.4) is 0 Å². The summed E-state index contributed by atoms with van der Waals surface area (Å²) < 4.78 is 5.79. The van der Waals surface area contributed by atoms with Crippen LogP contribution in [-0.2, 0) is 6.54 Å². The lowest BCUT2D eigenvalue weighted by Crippen LogP contribution is -2.09. The highest BCUT2D eigenvalue weighted by Crippen LogP contribution is 2.25. The van der Waals surface area contributed by atoms with Crippen molar-refractivity contribution in [3.63, 3.8) is 0 Å². The number of rotatable bonds is 6. The molecule has 0 saturated carbocycles. The minimum absolute atomic E-state index is 0.246. The molecule has 20 heavy (non-hydrogen) atoms. The van der Waals surface area contributed by atoms with E-state index in [0.29, 0.717) is 0 Å². The van der Waals surface area contributed by atoms with Crippen molar-refractivity contribution in [3.05, 3.63) is 35.5 Å². The second-order valence-electron chi connectivity index (χ2n) is 5.07. The largest absolute Gasteiger partial charge is 0.491 e. The second kappa shape index (κ2) is 6.57. The van der Waals surface area contributed by atoms with Gasteiger partial charge in [0.05, 0.1) is 17.5 Å². The molecule has 108 valence electrons. The summed E-state index contributed by atoms with van der Waals surface area (Å²) in [7, 11) is 1.93. The van der Waals surface area contributed by atoms with E-state index < -0.39 is 0 Å². The van der Waals surface area contributed by atoms with Crippen LogP contribution in [0, 0.1) is 6.92 Å². The van der Waals surface area contributed by atoms with Gasteiger partial charge >= 0.3 is 0 Å². The summed E-state index contributed by atoms with van der Waals surface area (Å²) in [6.45, 7) is 7.09. The third-order valence-electron chi connectivity index (χ3n) is 3.50. The number of ether oxygens (including phenoxy) is 1. The standard InChI is InChI=1S/C16H23N3O/c1-5-11(2)20-14-8-6-13(7-9-14)16-12(3)15(10-17-4)18-19-16/h6-9,11,17H,5,10H2,1-4H3,(H,18,19). The van der Waals surface area contributed by atoms with Gasteiger partial charge in [-0.05, 0) is 57.1 Å². The number of aromatic amines is 1. The summed E-state index contributed by atoms with van der Waals surface area (Å²) in [5.41, 5.74) is 4.43. The fourth-order valence-corrected chi connectivity index (χ4v) is 2.07. The maximum atomic E-state index is 5.79. The van der Waals surface area contributed by atoms with Crippen molar-refractivity contribution in [1.29, 1.82) is 0 Å². The van der Waals surface area contributed by atoms with Crippen LogP contribution in [0.4, 0.5) is 0 Å². The molecule has 0 amide bonds. The summed E-state index contributed by atoms with van der Waals surface area (Å²) in [5, 5.41) is 10.6. The molecule has 1 unspecified atom stereocenters. The summed E-state index contributed by atoms with van der Waals surface area (Å²) >= 11 is 0. The zero-order chi connectivity index (χ0) is 14.5. The van der Waals surface area contributed by atoms with Crippen molar-refractivity contribution in [2.24, 2.45) is 0 Å². The second-order valence-corrected chi connectivity index (χ2v) is 5.07. The van der Waals surface area contributed by atoms with E-state index >= 15 is 0 Å². The predicted molar refractivity (Wildman–Crippen MR) is 81.9 cm³/mol. The highest BCUT2D eigenvalue weighted by molar-refractivity contribution is 5.64. The predicted octanol–water partition coefficient (Wildman–Crippen LogP) is 3.28. The van der Waals surface area contributed by atoms with Crippen molar-refractivity contribution in [1.82, 2.24) is 15.5 Å². The van der Waals surface area contributed by atoms with Gasteiger partial charge in [-0.2, -0.15) is 5.10 Å². The lowest BCUT2D eigenvalue weighted by molar-refractivity contribution is 0.217. The van der Waals surface area contributed by atoms with Crippen LogP contribution in [0.1, 0.15) is 31.5 Å². The topological polar surface area (TPSA) is 49.9 Å². The molecular formula is C16H23N3O. The quantitative estimate of drug-likeness (QED) is 0.849. The van der Waals surface area contributed by atoms with Crippen molar-refractivity contribution in [2.45, 2.75) is 39.8 Å². The first kappa shape index (κ1) is 14.6. The maximum absolute atomic E-state index is 5.79. The molecule has 0 saturated heterocycles. The van der Waals surface area contributed by atoms with Gasteiger partial charge in [0, 0.05) is 12.1 Å². The molecule has 0 aliphatic rings. The van der Waals surface area contributed by atoms with Gasteiger partial charge in [-0.25, -0.2) is 0 Å². The Bertz CT molecular complexity index is 545. The summed E-state index contributed by atoms with van der Waals surface area (Å²) in [5.74, 6) is 0.909. The van der Waals surface area contributed by atoms with Gasteiger partial charge < -0.3 is 10.1 Å². The molecule has 2 rings (SSSR count). The first-order valence-corrected chi connectivity index (χ1v) is 7.11. The Kier molecular flexibility index (Phi) is 4.79. The van der Waals surface area contributed by atoms with E-state index in [-0.39, 0.29) is 6.10 Å². The van der Waals surface area contributed by atoms with E-state index in [1.54, 1.807) is 0 Å². The number of nitrogens with one attached hydrogen (secondary N) is 2. The Morgan fingerprint density at radius 3 is 2.60 bits per heavy atom. The highest BCUT2D eigenvalue weighted by atomic mass is 16.5. The molecule has 0 aliphatic carbocycles. The Morgan fingerprint density at radius 2 is 2.00 bits per heavy atom. The number of nitrogens with zero attached hydrogens (tertiary/aromatic N) is 1. The third-order valence-corrected chi connectivity index (χ3v) is 3.50. The summed E-state index contributed by atoms with van der Waals surface area (Å²) in [6, 6.07) is 8.13. The number of hydrogen-bond donors (Lipinski definition) is 2. The molecule has 0 spiro atoms. The summed E-state index contributed by atoms with van der Waals surface area (Å²) in [4.78, 5) is 0. The van der Waals surface area contributed by atoms with Crippen LogP contribution in [0.25, 0.3) is 11.3 Å². The smallest absolute Gasteiger partial charge is 0.119 e. The molecule has 1 heterocycles. The highest BCUT2D eigenvalue weighted by Gasteiger charge is 2.10. The van der Waals surface area contributed by atoms with Crippen LogP contribution in [0.5, 0.6) is 5.75 Å². The molecule has 2 aromatic rings. The zero-order valence-corrected chi connectivity index (χ0v) is 12.7. The van der Waals surface area contributed by atoms with E-state index in [1.165, 1.54) is 5.56 Å². The lowest BCUT2D eigenvalue weighted by Gasteiger charge is -2.12. The zero-order valence-electron chi connectivity index (χ0n) is 12.7. The van der Waals surface area contributed by atoms with Gasteiger partial charge in [0.15, 0.2) is 0 Å². The Labute approximate surface area is 120 Å². The molecule has 0 bridgehead atoms. The first-order valence-electron chi connectivity index (χ1n) is 7.11. The van der Waals surface area contributed by atoms with Crippen molar-refractivity contribution < 1.29 is 4.74 Å². The number of hydrogen-bond acceptors (Lipinski definition) is 3. The summed E-state index contributed by atoms with van der Waals surface area (Å²) in [6.07, 6.45) is 1.25. The van der Waals surface area contributed by atoms with Gasteiger partial charge in [-0.3, -0.25) is 5.10 Å². The van der Waals surface area contributed by atoms with Crippen LogP contribution >= 0.6 is 0 Å². The van der Waals surface area contributed by atoms with Gasteiger partial charge in [0.1, 0.15) is 5.75 Å².